The van der Waals surface area contributed by atoms with E-state index in [0.29, 0.717) is 45.9 Å². The van der Waals surface area contributed by atoms with Crippen molar-refractivity contribution in [3.8, 4) is 5.75 Å². The van der Waals surface area contributed by atoms with Crippen molar-refractivity contribution in [3.05, 3.63) is 112 Å². The number of amides is 2. The predicted molar refractivity (Wildman–Crippen MR) is 159 cm³/mol. The van der Waals surface area contributed by atoms with Gasteiger partial charge in [0.05, 0.1) is 36.5 Å². The molecular formula is C30H28ClN5O3S. The summed E-state index contributed by atoms with van der Waals surface area (Å²) in [5.41, 5.74) is 4.15. The summed E-state index contributed by atoms with van der Waals surface area (Å²) in [6, 6.07) is 19.8. The standard InChI is InChI=1S/C30H28ClN5O3S/c1-19-27(29(38)35-24-8-3-4-9-25(24)39-2)28(20-10-12-21(31)13-11-20)36-23(18-40-30(36)34-19)17-26(37)33-16-14-22-7-5-6-15-32-22/h3-13,15,18,28H,14,16-17H2,1-2H3,(H,33,37)(H,35,38). The second-order valence-corrected chi connectivity index (χ2v) is 10.5. The summed E-state index contributed by atoms with van der Waals surface area (Å²) in [5.74, 6) is 0.128. The maximum absolute atomic E-state index is 13.8. The number of aromatic nitrogens is 1. The number of rotatable bonds is 9. The molecule has 1 unspecified atom stereocenters. The Morgan fingerprint density at radius 2 is 1.85 bits per heavy atom. The molecule has 2 aromatic carbocycles. The number of thioether (sulfide) groups is 1. The molecule has 1 atom stereocenters. The van der Waals surface area contributed by atoms with Crippen molar-refractivity contribution in [2.45, 2.75) is 25.8 Å². The number of anilines is 1. The van der Waals surface area contributed by atoms with Crippen LogP contribution in [-0.2, 0) is 16.0 Å². The van der Waals surface area contributed by atoms with E-state index >= 15 is 0 Å². The Morgan fingerprint density at radius 3 is 2.60 bits per heavy atom. The molecule has 2 amide bonds. The van der Waals surface area contributed by atoms with Gasteiger partial charge >= 0.3 is 0 Å². The Morgan fingerprint density at radius 1 is 1.07 bits per heavy atom. The number of hydrogen-bond donors (Lipinski definition) is 2. The van der Waals surface area contributed by atoms with Crippen molar-refractivity contribution in [1.82, 2.24) is 15.2 Å². The number of nitrogens with zero attached hydrogens (tertiary/aromatic N) is 3. The van der Waals surface area contributed by atoms with E-state index < -0.39 is 6.04 Å². The number of amidine groups is 1. The SMILES string of the molecule is COc1ccccc1NC(=O)C1=C(C)N=C2SC=C(CC(=O)NCCc3ccccn3)N2C1c1ccc(Cl)cc1. The average molecular weight is 574 g/mol. The largest absolute Gasteiger partial charge is 0.495 e. The first kappa shape index (κ1) is 27.5. The molecule has 0 saturated heterocycles. The monoisotopic (exact) mass is 573 g/mol. The van der Waals surface area contributed by atoms with Gasteiger partial charge in [-0.2, -0.15) is 0 Å². The van der Waals surface area contributed by atoms with E-state index in [-0.39, 0.29) is 18.2 Å². The van der Waals surface area contributed by atoms with Crippen molar-refractivity contribution < 1.29 is 14.3 Å². The molecule has 0 radical (unpaired) electrons. The molecule has 8 nitrogen and oxygen atoms in total. The Balaban J connectivity index is 1.40. The van der Waals surface area contributed by atoms with Gasteiger partial charge in [-0.15, -0.1) is 0 Å². The Hall–Kier alpha value is -4.08. The number of hydrogen-bond acceptors (Lipinski definition) is 7. The highest BCUT2D eigenvalue weighted by Gasteiger charge is 2.40. The van der Waals surface area contributed by atoms with Crippen LogP contribution in [0.4, 0.5) is 5.69 Å². The molecule has 2 N–H and O–H groups in total. The maximum Gasteiger partial charge on any atom is 0.256 e. The van der Waals surface area contributed by atoms with Gasteiger partial charge < -0.3 is 20.3 Å². The topological polar surface area (TPSA) is 95.9 Å². The highest BCUT2D eigenvalue weighted by Crippen LogP contribution is 2.45. The zero-order chi connectivity index (χ0) is 28.1. The van der Waals surface area contributed by atoms with Crippen LogP contribution in [0.2, 0.25) is 5.02 Å². The minimum Gasteiger partial charge on any atom is -0.495 e. The van der Waals surface area contributed by atoms with Crippen LogP contribution in [-0.4, -0.2) is 40.5 Å². The average Bonchev–Trinajstić information content (AvgIpc) is 3.35. The van der Waals surface area contributed by atoms with Crippen LogP contribution in [0.1, 0.15) is 30.6 Å². The molecule has 0 bridgehead atoms. The van der Waals surface area contributed by atoms with Gasteiger partial charge in [0.25, 0.3) is 5.91 Å². The van der Waals surface area contributed by atoms with Gasteiger partial charge in [-0.1, -0.05) is 53.7 Å². The van der Waals surface area contributed by atoms with E-state index in [1.54, 1.807) is 37.6 Å². The quantitative estimate of drug-likeness (QED) is 0.341. The number of para-hydroxylation sites is 2. The first-order valence-electron chi connectivity index (χ1n) is 12.8. The van der Waals surface area contributed by atoms with Gasteiger partial charge in [-0.05, 0) is 54.3 Å². The Kier molecular flexibility index (Phi) is 8.52. The lowest BCUT2D eigenvalue weighted by Crippen LogP contribution is -2.39. The first-order valence-corrected chi connectivity index (χ1v) is 14.0. The minimum absolute atomic E-state index is 0.120. The zero-order valence-corrected chi connectivity index (χ0v) is 23.6. The molecule has 0 saturated carbocycles. The number of carbonyl (C=O) groups excluding carboxylic acids is 2. The summed E-state index contributed by atoms with van der Waals surface area (Å²) in [5, 5.41) is 9.21. The normalized spacial score (nSPS) is 16.2. The van der Waals surface area contributed by atoms with Gasteiger partial charge in [0.1, 0.15) is 5.75 Å². The van der Waals surface area contributed by atoms with Gasteiger partial charge in [-0.25, -0.2) is 4.99 Å². The molecule has 3 aromatic rings. The van der Waals surface area contributed by atoms with Crippen LogP contribution in [0.3, 0.4) is 0 Å². The molecule has 40 heavy (non-hydrogen) atoms. The highest BCUT2D eigenvalue weighted by atomic mass is 35.5. The molecule has 10 heteroatoms. The van der Waals surface area contributed by atoms with E-state index in [4.69, 9.17) is 21.3 Å². The van der Waals surface area contributed by atoms with Crippen LogP contribution >= 0.6 is 23.4 Å². The third-order valence-electron chi connectivity index (χ3n) is 6.56. The lowest BCUT2D eigenvalue weighted by Gasteiger charge is -2.36. The summed E-state index contributed by atoms with van der Waals surface area (Å²) in [6.45, 7) is 2.30. The van der Waals surface area contributed by atoms with Crippen LogP contribution < -0.4 is 15.4 Å². The number of pyridine rings is 1. The van der Waals surface area contributed by atoms with Crippen LogP contribution in [0.5, 0.6) is 5.75 Å². The second-order valence-electron chi connectivity index (χ2n) is 9.20. The number of fused-ring (bicyclic) bond motifs is 1. The van der Waals surface area contributed by atoms with E-state index in [1.165, 1.54) is 11.8 Å². The Bertz CT molecular complexity index is 1510. The molecule has 2 aliphatic rings. The number of carbonyl (C=O) groups is 2. The van der Waals surface area contributed by atoms with Crippen LogP contribution in [0.15, 0.2) is 100 Å². The van der Waals surface area contributed by atoms with Gasteiger partial charge in [0.15, 0.2) is 5.17 Å². The maximum atomic E-state index is 13.8. The van der Waals surface area contributed by atoms with Gasteiger partial charge in [-0.3, -0.25) is 14.6 Å². The first-order chi connectivity index (χ1) is 19.4. The minimum atomic E-state index is -0.512. The fourth-order valence-corrected chi connectivity index (χ4v) is 5.75. The number of halogens is 1. The van der Waals surface area contributed by atoms with E-state index in [9.17, 15) is 9.59 Å². The summed E-state index contributed by atoms with van der Waals surface area (Å²) >= 11 is 7.64. The molecule has 5 rings (SSSR count). The molecule has 0 aliphatic carbocycles. The van der Waals surface area contributed by atoms with Gasteiger partial charge in [0, 0.05) is 35.6 Å². The second kappa shape index (κ2) is 12.4. The van der Waals surface area contributed by atoms with Crippen molar-refractivity contribution in [2.24, 2.45) is 4.99 Å². The van der Waals surface area contributed by atoms with Crippen molar-refractivity contribution in [2.75, 3.05) is 19.0 Å². The predicted octanol–water partition coefficient (Wildman–Crippen LogP) is 5.71. The van der Waals surface area contributed by atoms with Crippen LogP contribution in [0, 0.1) is 0 Å². The molecule has 3 heterocycles. The van der Waals surface area contributed by atoms with E-state index in [2.05, 4.69) is 15.6 Å². The van der Waals surface area contributed by atoms with Crippen molar-refractivity contribution >= 4 is 46.0 Å². The fraction of sp³-hybridized carbons (Fsp3) is 0.200. The lowest BCUT2D eigenvalue weighted by molar-refractivity contribution is -0.120. The smallest absolute Gasteiger partial charge is 0.256 e. The molecular weight excluding hydrogens is 546 g/mol. The number of allylic oxidation sites excluding steroid dienone is 1. The lowest BCUT2D eigenvalue weighted by atomic mass is 9.93. The number of ether oxygens (including phenoxy) is 1. The number of aliphatic imine (C=N–C) groups is 1. The fourth-order valence-electron chi connectivity index (χ4n) is 4.66. The number of nitrogens with one attached hydrogen (secondary N) is 2. The van der Waals surface area contributed by atoms with E-state index in [1.807, 2.05) is 59.7 Å². The third kappa shape index (κ3) is 6.05. The molecule has 204 valence electrons. The molecule has 1 aromatic heterocycles. The summed E-state index contributed by atoms with van der Waals surface area (Å²) in [7, 11) is 1.56. The van der Waals surface area contributed by atoms with E-state index in [0.717, 1.165) is 17.0 Å². The molecule has 0 fully saturated rings. The zero-order valence-electron chi connectivity index (χ0n) is 22.1. The van der Waals surface area contributed by atoms with Crippen LogP contribution in [0.25, 0.3) is 0 Å². The van der Waals surface area contributed by atoms with Crippen molar-refractivity contribution in [1.29, 1.82) is 0 Å². The molecule has 0 spiro atoms. The number of benzene rings is 2. The van der Waals surface area contributed by atoms with Crippen molar-refractivity contribution in [3.63, 3.8) is 0 Å². The molecule has 2 aliphatic heterocycles. The summed E-state index contributed by atoms with van der Waals surface area (Å²) < 4.78 is 5.43. The third-order valence-corrected chi connectivity index (χ3v) is 7.70. The van der Waals surface area contributed by atoms with Gasteiger partial charge in [0.2, 0.25) is 5.91 Å². The number of methoxy groups -OCH3 is 1. The summed E-state index contributed by atoms with van der Waals surface area (Å²) in [4.78, 5) is 37.8. The summed E-state index contributed by atoms with van der Waals surface area (Å²) in [6.07, 6.45) is 2.52. The Labute approximate surface area is 242 Å². The highest BCUT2D eigenvalue weighted by molar-refractivity contribution is 8.16.